The molecule has 0 amide bonds. The minimum Gasteiger partial charge on any atom is -0.493 e. The first-order valence-corrected chi connectivity index (χ1v) is 9.08. The van der Waals surface area contributed by atoms with Crippen LogP contribution in [0.4, 0.5) is 0 Å². The highest BCUT2D eigenvalue weighted by atomic mass is 32.1. The summed E-state index contributed by atoms with van der Waals surface area (Å²) in [5.41, 5.74) is 0.948. The molecule has 0 saturated heterocycles. The lowest BCUT2D eigenvalue weighted by Crippen LogP contribution is -2.37. The van der Waals surface area contributed by atoms with Crippen molar-refractivity contribution in [2.45, 2.75) is 19.9 Å². The molecule has 0 bridgehead atoms. The van der Waals surface area contributed by atoms with Crippen LogP contribution in [0.5, 0.6) is 17.2 Å². The first kappa shape index (κ1) is 19.8. The third-order valence-corrected chi connectivity index (χ3v) is 4.73. The molecule has 2 rings (SSSR count). The maximum Gasteiger partial charge on any atom is 0.203 e. The molecule has 1 aromatic carbocycles. The molecular weight excluding hydrogens is 352 g/mol. The van der Waals surface area contributed by atoms with Gasteiger partial charge in [-0.05, 0) is 19.1 Å². The van der Waals surface area contributed by atoms with Crippen LogP contribution in [-0.2, 0) is 13.0 Å². The van der Waals surface area contributed by atoms with Gasteiger partial charge >= 0.3 is 0 Å². The lowest BCUT2D eigenvalue weighted by molar-refractivity contribution is 0.322. The maximum atomic E-state index is 5.50. The van der Waals surface area contributed by atoms with Gasteiger partial charge in [0.25, 0.3) is 0 Å². The van der Waals surface area contributed by atoms with Crippen molar-refractivity contribution in [1.29, 1.82) is 0 Å². The molecule has 0 spiro atoms. The molecule has 7 nitrogen and oxygen atoms in total. The third-order valence-electron chi connectivity index (χ3n) is 3.76. The summed E-state index contributed by atoms with van der Waals surface area (Å²) in [6, 6.07) is 3.80. The highest BCUT2D eigenvalue weighted by Gasteiger charge is 2.15. The minimum absolute atomic E-state index is 0.541. The van der Waals surface area contributed by atoms with Gasteiger partial charge in [-0.1, -0.05) is 0 Å². The number of aromatic nitrogens is 1. The van der Waals surface area contributed by atoms with Crippen molar-refractivity contribution < 1.29 is 14.2 Å². The van der Waals surface area contributed by atoms with E-state index < -0.39 is 0 Å². The number of nitrogens with one attached hydrogen (secondary N) is 2. The molecule has 1 heterocycles. The molecule has 0 aliphatic carbocycles. The van der Waals surface area contributed by atoms with E-state index in [1.54, 1.807) is 39.7 Å². The van der Waals surface area contributed by atoms with Crippen LogP contribution in [0.3, 0.4) is 0 Å². The number of aliphatic imine (C=N–C) groups is 1. The molecule has 0 saturated carbocycles. The van der Waals surface area contributed by atoms with Gasteiger partial charge in [-0.3, -0.25) is 4.99 Å². The van der Waals surface area contributed by atoms with Crippen LogP contribution in [-0.4, -0.2) is 45.9 Å². The Bertz CT molecular complexity index is 746. The summed E-state index contributed by atoms with van der Waals surface area (Å²) >= 11 is 1.72. The van der Waals surface area contributed by atoms with E-state index in [1.165, 1.54) is 4.88 Å². The van der Waals surface area contributed by atoms with Crippen LogP contribution in [0, 0.1) is 6.92 Å². The van der Waals surface area contributed by atoms with Crippen LogP contribution in [0.15, 0.2) is 23.3 Å². The van der Waals surface area contributed by atoms with Crippen molar-refractivity contribution in [2.75, 3.05) is 34.9 Å². The molecule has 1 aromatic heterocycles. The second-order valence-corrected chi connectivity index (χ2v) is 6.78. The number of ether oxygens (including phenoxy) is 3. The molecule has 2 aromatic rings. The maximum absolute atomic E-state index is 5.50. The SMILES string of the molecule is CN=C(NCCc1ncc(C)s1)NCc1ccc(OC)c(OC)c1OC. The van der Waals surface area contributed by atoms with E-state index in [0.29, 0.717) is 23.8 Å². The Labute approximate surface area is 158 Å². The van der Waals surface area contributed by atoms with Gasteiger partial charge in [0.2, 0.25) is 5.75 Å². The number of hydrogen-bond donors (Lipinski definition) is 2. The second-order valence-electron chi connectivity index (χ2n) is 5.46. The molecule has 0 unspecified atom stereocenters. The van der Waals surface area contributed by atoms with Crippen molar-refractivity contribution in [3.05, 3.63) is 33.8 Å². The first-order valence-electron chi connectivity index (χ1n) is 8.26. The summed E-state index contributed by atoms with van der Waals surface area (Å²) in [5, 5.41) is 7.70. The molecule has 2 N–H and O–H groups in total. The van der Waals surface area contributed by atoms with Gasteiger partial charge in [0.05, 0.1) is 26.3 Å². The highest BCUT2D eigenvalue weighted by Crippen LogP contribution is 2.39. The zero-order chi connectivity index (χ0) is 18.9. The summed E-state index contributed by atoms with van der Waals surface area (Å²) < 4.78 is 16.2. The summed E-state index contributed by atoms with van der Waals surface area (Å²) in [4.78, 5) is 9.84. The number of rotatable bonds is 8. The van der Waals surface area contributed by atoms with E-state index in [4.69, 9.17) is 14.2 Å². The Kier molecular flexibility index (Phi) is 7.53. The number of nitrogens with zero attached hydrogens (tertiary/aromatic N) is 2. The van der Waals surface area contributed by atoms with Gasteiger partial charge in [0, 0.05) is 43.2 Å². The number of hydrogen-bond acceptors (Lipinski definition) is 6. The van der Waals surface area contributed by atoms with Crippen molar-refractivity contribution >= 4 is 17.3 Å². The van der Waals surface area contributed by atoms with E-state index >= 15 is 0 Å². The number of guanidine groups is 1. The Morgan fingerprint density at radius 2 is 1.88 bits per heavy atom. The van der Waals surface area contributed by atoms with E-state index in [-0.39, 0.29) is 0 Å². The smallest absolute Gasteiger partial charge is 0.203 e. The lowest BCUT2D eigenvalue weighted by atomic mass is 10.1. The number of aryl methyl sites for hydroxylation is 1. The predicted octanol–water partition coefficient (Wildman–Crippen LogP) is 2.39. The van der Waals surface area contributed by atoms with Crippen molar-refractivity contribution in [1.82, 2.24) is 15.6 Å². The molecule has 0 atom stereocenters. The average Bonchev–Trinajstić information content (AvgIpc) is 3.08. The summed E-state index contributed by atoms with van der Waals surface area (Å²) in [6.45, 7) is 3.36. The summed E-state index contributed by atoms with van der Waals surface area (Å²) in [5.74, 6) is 2.58. The van der Waals surface area contributed by atoms with Crippen LogP contribution in [0.1, 0.15) is 15.4 Å². The van der Waals surface area contributed by atoms with Crippen molar-refractivity contribution in [3.8, 4) is 17.2 Å². The zero-order valence-corrected chi connectivity index (χ0v) is 16.7. The van der Waals surface area contributed by atoms with Gasteiger partial charge in [-0.25, -0.2) is 4.98 Å². The average molecular weight is 378 g/mol. The monoisotopic (exact) mass is 378 g/mol. The molecular formula is C18H26N4O3S. The van der Waals surface area contributed by atoms with E-state index in [2.05, 4.69) is 27.5 Å². The lowest BCUT2D eigenvalue weighted by Gasteiger charge is -2.17. The van der Waals surface area contributed by atoms with E-state index in [9.17, 15) is 0 Å². The summed E-state index contributed by atoms with van der Waals surface area (Å²) in [6.07, 6.45) is 2.76. The zero-order valence-electron chi connectivity index (χ0n) is 15.9. The topological polar surface area (TPSA) is 77.0 Å². The molecule has 0 aliphatic rings. The molecule has 8 heteroatoms. The first-order chi connectivity index (χ1) is 12.6. The van der Waals surface area contributed by atoms with Crippen LogP contribution in [0.2, 0.25) is 0 Å². The molecule has 0 aliphatic heterocycles. The number of methoxy groups -OCH3 is 3. The Morgan fingerprint density at radius 1 is 1.12 bits per heavy atom. The molecule has 0 fully saturated rings. The Hall–Kier alpha value is -2.48. The molecule has 26 heavy (non-hydrogen) atoms. The van der Waals surface area contributed by atoms with Gasteiger partial charge in [-0.2, -0.15) is 0 Å². The van der Waals surface area contributed by atoms with Crippen LogP contribution in [0.25, 0.3) is 0 Å². The quantitative estimate of drug-likeness (QED) is 0.543. The van der Waals surface area contributed by atoms with Crippen LogP contribution >= 0.6 is 11.3 Å². The van der Waals surface area contributed by atoms with Gasteiger partial charge in [0.15, 0.2) is 17.5 Å². The number of benzene rings is 1. The van der Waals surface area contributed by atoms with Gasteiger partial charge in [0.1, 0.15) is 0 Å². The van der Waals surface area contributed by atoms with Gasteiger partial charge in [-0.15, -0.1) is 11.3 Å². The Morgan fingerprint density at radius 3 is 2.46 bits per heavy atom. The number of thiazole rings is 1. The molecule has 0 radical (unpaired) electrons. The van der Waals surface area contributed by atoms with Crippen molar-refractivity contribution in [3.63, 3.8) is 0 Å². The van der Waals surface area contributed by atoms with Crippen LogP contribution < -0.4 is 24.8 Å². The summed E-state index contributed by atoms with van der Waals surface area (Å²) in [7, 11) is 6.56. The second kappa shape index (κ2) is 9.86. The normalized spacial score (nSPS) is 11.2. The third kappa shape index (κ3) is 5.01. The fourth-order valence-electron chi connectivity index (χ4n) is 2.51. The minimum atomic E-state index is 0.541. The van der Waals surface area contributed by atoms with E-state index in [0.717, 1.165) is 29.5 Å². The molecule has 142 valence electrons. The fraction of sp³-hybridized carbons (Fsp3) is 0.444. The largest absolute Gasteiger partial charge is 0.493 e. The standard InChI is InChI=1S/C18H26N4O3S/c1-12-10-21-15(26-12)8-9-20-18(19-2)22-11-13-6-7-14(23-3)17(25-5)16(13)24-4/h6-7,10H,8-9,11H2,1-5H3,(H2,19,20,22). The van der Waals surface area contributed by atoms with Gasteiger partial charge < -0.3 is 24.8 Å². The highest BCUT2D eigenvalue weighted by molar-refractivity contribution is 7.11. The van der Waals surface area contributed by atoms with Crippen molar-refractivity contribution in [2.24, 2.45) is 4.99 Å². The predicted molar refractivity (Wildman–Crippen MR) is 105 cm³/mol. The Balaban J connectivity index is 1.95. The fourth-order valence-corrected chi connectivity index (χ4v) is 3.29. The van der Waals surface area contributed by atoms with E-state index in [1.807, 2.05) is 18.3 Å².